The zero-order valence-corrected chi connectivity index (χ0v) is 20.8. The molecule has 0 fully saturated rings. The number of aldehydes is 1. The Bertz CT molecular complexity index is 682. The average molecular weight is 564 g/mol. The van der Waals surface area contributed by atoms with Crippen molar-refractivity contribution in [1.29, 1.82) is 0 Å². The molecule has 1 heterocycles. The summed E-state index contributed by atoms with van der Waals surface area (Å²) in [5.41, 5.74) is -1.41. The van der Waals surface area contributed by atoms with Gasteiger partial charge in [0.1, 0.15) is 18.6 Å². The zero-order valence-electron chi connectivity index (χ0n) is 17.8. The number of fused-ring (bicyclic) bond motifs is 1. The number of para-hydroxylation sites is 2. The van der Waals surface area contributed by atoms with Crippen LogP contribution in [0.25, 0.3) is 0 Å². The van der Waals surface area contributed by atoms with Gasteiger partial charge in [0.2, 0.25) is 5.60 Å². The smallest absolute Gasteiger partial charge is 0.427 e. The molecule has 0 unspecified atom stereocenters. The first-order valence-corrected chi connectivity index (χ1v) is 12.2. The number of ether oxygens (including phenoxy) is 2. The number of hydrogen-bond donors (Lipinski definition) is 1. The largest absolute Gasteiger partial charge is 0.489 e. The average Bonchev–Trinajstić information content (AvgIpc) is 2.66. The summed E-state index contributed by atoms with van der Waals surface area (Å²) in [5.74, 6) is 0.993. The predicted octanol–water partition coefficient (Wildman–Crippen LogP) is 5.80. The van der Waals surface area contributed by atoms with Gasteiger partial charge in [0.05, 0.1) is 12.2 Å². The summed E-state index contributed by atoms with van der Waals surface area (Å²) in [6.45, 7) is 8.93. The van der Waals surface area contributed by atoms with E-state index in [4.69, 9.17) is 4.74 Å². The maximum atomic E-state index is 12.0. The van der Waals surface area contributed by atoms with Crippen molar-refractivity contribution in [3.63, 3.8) is 0 Å². The summed E-state index contributed by atoms with van der Waals surface area (Å²) in [7, 11) is 2.90. The molecular formula is C19H28F3IN2O4S. The second-order valence-corrected chi connectivity index (χ2v) is 9.38. The summed E-state index contributed by atoms with van der Waals surface area (Å²) < 4.78 is 47.9. The molecule has 1 aromatic carbocycles. The summed E-state index contributed by atoms with van der Waals surface area (Å²) in [6.07, 6.45) is -4.72. The number of anilines is 1. The van der Waals surface area contributed by atoms with Crippen molar-refractivity contribution in [3.8, 4) is 5.75 Å². The molecule has 2 rings (SSSR count). The van der Waals surface area contributed by atoms with E-state index < -0.39 is 17.9 Å². The fourth-order valence-electron chi connectivity index (χ4n) is 1.56. The van der Waals surface area contributed by atoms with Crippen molar-refractivity contribution in [2.24, 2.45) is 5.41 Å². The van der Waals surface area contributed by atoms with Gasteiger partial charge in [-0.05, 0) is 26.0 Å². The summed E-state index contributed by atoms with van der Waals surface area (Å²) >= 11 is 2.29. The Morgan fingerprint density at radius 3 is 2.20 bits per heavy atom. The van der Waals surface area contributed by atoms with E-state index in [-0.39, 0.29) is 5.41 Å². The van der Waals surface area contributed by atoms with Crippen molar-refractivity contribution in [2.45, 2.75) is 46.4 Å². The number of amides is 1. The van der Waals surface area contributed by atoms with Gasteiger partial charge in [-0.2, -0.15) is 13.2 Å². The van der Waals surface area contributed by atoms with Crippen LogP contribution in [0.15, 0.2) is 24.3 Å². The van der Waals surface area contributed by atoms with Crippen molar-refractivity contribution in [3.05, 3.63) is 24.3 Å². The maximum absolute atomic E-state index is 12.0. The molecule has 0 aromatic heterocycles. The molecule has 1 amide bonds. The van der Waals surface area contributed by atoms with E-state index in [0.717, 1.165) is 39.0 Å². The third kappa shape index (κ3) is 10.6. The molecule has 1 N–H and O–H groups in total. The molecule has 172 valence electrons. The molecule has 1 aliphatic rings. The zero-order chi connectivity index (χ0) is 23.6. The second-order valence-electron chi connectivity index (χ2n) is 7.62. The molecule has 6 nitrogen and oxygen atoms in total. The SMILES string of the molecule is CC(C)(C)C=O.CNC(=O)OC(C)(C)C(F)(F)F.ISN1CCOc2ccccc21. The molecule has 0 saturated carbocycles. The number of carbonyl (C=O) groups is 2. The van der Waals surface area contributed by atoms with Crippen molar-refractivity contribution in [1.82, 2.24) is 5.32 Å². The number of nitrogens with one attached hydrogen (secondary N) is 1. The number of benzene rings is 1. The van der Waals surface area contributed by atoms with Gasteiger partial charge in [-0.15, -0.1) is 0 Å². The molecule has 30 heavy (non-hydrogen) atoms. The number of alkyl carbamates (subject to hydrolysis) is 1. The minimum absolute atomic E-state index is 0.139. The van der Waals surface area contributed by atoms with Crippen molar-refractivity contribution in [2.75, 3.05) is 24.5 Å². The van der Waals surface area contributed by atoms with Crippen LogP contribution in [-0.2, 0) is 9.53 Å². The number of halogens is 4. The van der Waals surface area contributed by atoms with E-state index in [1.165, 1.54) is 12.7 Å². The molecule has 0 radical (unpaired) electrons. The lowest BCUT2D eigenvalue weighted by Gasteiger charge is -2.27. The Balaban J connectivity index is 0.000000447. The molecule has 0 aliphatic carbocycles. The van der Waals surface area contributed by atoms with Crippen LogP contribution >= 0.6 is 30.3 Å². The molecule has 0 bridgehead atoms. The molecule has 11 heteroatoms. The van der Waals surface area contributed by atoms with Gasteiger partial charge in [-0.1, -0.05) is 32.9 Å². The van der Waals surface area contributed by atoms with Crippen LogP contribution in [0, 0.1) is 5.41 Å². The standard InChI is InChI=1S/C8H8INOS.C6H10F3NO2.C5H10O/c9-12-10-5-6-11-8-4-2-1-3-7(8)10;1-5(2,6(7,8)9)12-4(11)10-3;1-5(2,3)4-6/h1-4H,5-6H2;1-3H3,(H,10,11);4H,1-3H3. The third-order valence-electron chi connectivity index (χ3n) is 3.36. The molecule has 1 aromatic rings. The molecule has 1 aliphatic heterocycles. The van der Waals surface area contributed by atoms with E-state index in [1.54, 1.807) is 9.12 Å². The number of hydrogen-bond acceptors (Lipinski definition) is 6. The van der Waals surface area contributed by atoms with Crippen LogP contribution in [0.3, 0.4) is 0 Å². The van der Waals surface area contributed by atoms with Crippen LogP contribution in [0.2, 0.25) is 0 Å². The van der Waals surface area contributed by atoms with Gasteiger partial charge in [0, 0.05) is 42.8 Å². The van der Waals surface area contributed by atoms with E-state index in [1.807, 2.05) is 44.3 Å². The van der Waals surface area contributed by atoms with Crippen molar-refractivity contribution >= 4 is 48.4 Å². The first-order chi connectivity index (χ1) is 13.7. The normalized spacial score (nSPS) is 13.3. The van der Waals surface area contributed by atoms with Gasteiger partial charge in [-0.25, -0.2) is 4.79 Å². The van der Waals surface area contributed by atoms with Crippen LogP contribution < -0.4 is 14.4 Å². The quantitative estimate of drug-likeness (QED) is 0.279. The van der Waals surface area contributed by atoms with Gasteiger partial charge in [0.15, 0.2) is 0 Å². The monoisotopic (exact) mass is 564 g/mol. The van der Waals surface area contributed by atoms with Crippen LogP contribution in [0.4, 0.5) is 23.7 Å². The highest BCUT2D eigenvalue weighted by molar-refractivity contribution is 14.2. The molecular weight excluding hydrogens is 536 g/mol. The molecule has 0 atom stereocenters. The lowest BCUT2D eigenvalue weighted by atomic mass is 10.0. The summed E-state index contributed by atoms with van der Waals surface area (Å²) in [4.78, 5) is 20.3. The Kier molecular flexibility index (Phi) is 11.9. The first kappa shape index (κ1) is 28.6. The Hall–Kier alpha value is -1.37. The fourth-order valence-corrected chi connectivity index (χ4v) is 3.15. The highest BCUT2D eigenvalue weighted by Gasteiger charge is 2.50. The topological polar surface area (TPSA) is 67.9 Å². The number of alkyl halides is 3. The van der Waals surface area contributed by atoms with Gasteiger partial charge >= 0.3 is 12.3 Å². The van der Waals surface area contributed by atoms with E-state index in [9.17, 15) is 22.8 Å². The fraction of sp³-hybridized carbons (Fsp3) is 0.579. The van der Waals surface area contributed by atoms with Crippen molar-refractivity contribution < 1.29 is 32.2 Å². The summed E-state index contributed by atoms with van der Waals surface area (Å²) in [6, 6.07) is 8.13. The Morgan fingerprint density at radius 2 is 1.77 bits per heavy atom. The lowest BCUT2D eigenvalue weighted by molar-refractivity contribution is -0.243. The Morgan fingerprint density at radius 1 is 1.23 bits per heavy atom. The van der Waals surface area contributed by atoms with Crippen LogP contribution in [0.1, 0.15) is 34.6 Å². The Labute approximate surface area is 192 Å². The van der Waals surface area contributed by atoms with E-state index >= 15 is 0 Å². The highest BCUT2D eigenvalue weighted by Crippen LogP contribution is 2.37. The van der Waals surface area contributed by atoms with E-state index in [0.29, 0.717) is 0 Å². The number of nitrogens with zero attached hydrogens (tertiary/aromatic N) is 1. The number of rotatable bonds is 2. The maximum Gasteiger partial charge on any atom is 0.427 e. The van der Waals surface area contributed by atoms with Crippen LogP contribution in [-0.4, -0.2) is 44.4 Å². The lowest BCUT2D eigenvalue weighted by Crippen LogP contribution is -2.45. The minimum Gasteiger partial charge on any atom is -0.489 e. The summed E-state index contributed by atoms with van der Waals surface area (Å²) in [5, 5.41) is 1.93. The van der Waals surface area contributed by atoms with Crippen LogP contribution in [0.5, 0.6) is 5.75 Å². The second kappa shape index (κ2) is 12.5. The molecule has 0 spiro atoms. The van der Waals surface area contributed by atoms with Gasteiger partial charge in [-0.3, -0.25) is 0 Å². The number of carbonyl (C=O) groups excluding carboxylic acids is 2. The van der Waals surface area contributed by atoms with Gasteiger partial charge < -0.3 is 23.9 Å². The third-order valence-corrected chi connectivity index (χ3v) is 5.33. The van der Waals surface area contributed by atoms with E-state index in [2.05, 4.69) is 36.3 Å². The predicted molar refractivity (Wildman–Crippen MR) is 122 cm³/mol. The van der Waals surface area contributed by atoms with Gasteiger partial charge in [0.25, 0.3) is 0 Å². The highest BCUT2D eigenvalue weighted by atomic mass is 127. The first-order valence-electron chi connectivity index (χ1n) is 8.90. The minimum atomic E-state index is -4.56. The molecule has 0 saturated heterocycles.